The fraction of sp³-hybridized carbons (Fsp3) is 0.231. The Morgan fingerprint density at radius 1 is 1.50 bits per heavy atom. The zero-order valence-corrected chi connectivity index (χ0v) is 12.6. The number of nitrogens with zero attached hydrogens (tertiary/aromatic N) is 3. The first kappa shape index (κ1) is 15.8. The Bertz CT molecular complexity index is 709. The quantitative estimate of drug-likeness (QED) is 0.672. The van der Waals surface area contributed by atoms with Crippen LogP contribution in [0.4, 0.5) is 11.4 Å². The number of hydrogen-bond donors (Lipinski definition) is 1. The number of nitro groups is 1. The van der Waals surface area contributed by atoms with E-state index in [1.165, 1.54) is 36.2 Å². The molecular formula is C13H13ClN4O4. The number of rotatable bonds is 5. The van der Waals surface area contributed by atoms with Crippen LogP contribution in [0.2, 0.25) is 5.02 Å². The van der Waals surface area contributed by atoms with Crippen LogP contribution in [0.25, 0.3) is 0 Å². The number of carbonyl (C=O) groups is 1. The number of benzene rings is 1. The first-order valence-electron chi connectivity index (χ1n) is 6.22. The van der Waals surface area contributed by atoms with Crippen molar-refractivity contribution in [2.75, 3.05) is 12.4 Å². The topological polar surface area (TPSA) is 99.3 Å². The van der Waals surface area contributed by atoms with Crippen LogP contribution in [-0.4, -0.2) is 27.7 Å². The number of hydrogen-bond acceptors (Lipinski definition) is 5. The molecule has 2 rings (SSSR count). The van der Waals surface area contributed by atoms with Crippen molar-refractivity contribution in [2.45, 2.75) is 13.5 Å². The second-order valence-electron chi connectivity index (χ2n) is 4.49. The van der Waals surface area contributed by atoms with Gasteiger partial charge < -0.3 is 10.1 Å². The largest absolute Gasteiger partial charge is 0.496 e. The van der Waals surface area contributed by atoms with Crippen LogP contribution >= 0.6 is 11.6 Å². The zero-order valence-electron chi connectivity index (χ0n) is 11.9. The highest BCUT2D eigenvalue weighted by Crippen LogP contribution is 2.25. The molecule has 1 aromatic carbocycles. The molecule has 9 heteroatoms. The number of aryl methyl sites for hydroxylation is 1. The van der Waals surface area contributed by atoms with Crippen molar-refractivity contribution in [2.24, 2.45) is 0 Å². The molecule has 0 aliphatic carbocycles. The molecule has 22 heavy (non-hydrogen) atoms. The van der Waals surface area contributed by atoms with Gasteiger partial charge in [-0.25, -0.2) is 0 Å². The predicted molar refractivity (Wildman–Crippen MR) is 80.3 cm³/mol. The first-order valence-corrected chi connectivity index (χ1v) is 6.59. The fourth-order valence-corrected chi connectivity index (χ4v) is 1.95. The van der Waals surface area contributed by atoms with E-state index in [4.69, 9.17) is 16.3 Å². The highest BCUT2D eigenvalue weighted by atomic mass is 35.5. The smallest absolute Gasteiger partial charge is 0.275 e. The van der Waals surface area contributed by atoms with Gasteiger partial charge in [0.2, 0.25) is 5.91 Å². The van der Waals surface area contributed by atoms with Crippen molar-refractivity contribution in [1.29, 1.82) is 0 Å². The highest BCUT2D eigenvalue weighted by Gasteiger charge is 2.13. The van der Waals surface area contributed by atoms with Gasteiger partial charge in [0.15, 0.2) is 0 Å². The van der Waals surface area contributed by atoms with E-state index < -0.39 is 4.92 Å². The van der Waals surface area contributed by atoms with Crippen LogP contribution in [-0.2, 0) is 11.3 Å². The van der Waals surface area contributed by atoms with Gasteiger partial charge in [-0.15, -0.1) is 0 Å². The zero-order chi connectivity index (χ0) is 16.3. The van der Waals surface area contributed by atoms with Gasteiger partial charge in [-0.3, -0.25) is 19.6 Å². The van der Waals surface area contributed by atoms with E-state index in [2.05, 4.69) is 10.4 Å². The number of ether oxygens (including phenoxy) is 1. The molecule has 0 radical (unpaired) electrons. The molecule has 0 aliphatic heterocycles. The third kappa shape index (κ3) is 3.73. The van der Waals surface area contributed by atoms with E-state index >= 15 is 0 Å². The van der Waals surface area contributed by atoms with Gasteiger partial charge in [0, 0.05) is 18.3 Å². The molecule has 0 unspecified atom stereocenters. The minimum Gasteiger partial charge on any atom is -0.496 e. The van der Waals surface area contributed by atoms with E-state index in [1.54, 1.807) is 6.92 Å². The fourth-order valence-electron chi connectivity index (χ4n) is 1.80. The Hall–Kier alpha value is -2.61. The molecule has 0 atom stereocenters. The van der Waals surface area contributed by atoms with Crippen LogP contribution in [0.15, 0.2) is 24.4 Å². The van der Waals surface area contributed by atoms with E-state index in [1.807, 2.05) is 0 Å². The van der Waals surface area contributed by atoms with Gasteiger partial charge in [-0.1, -0.05) is 11.6 Å². The summed E-state index contributed by atoms with van der Waals surface area (Å²) >= 11 is 5.86. The average Bonchev–Trinajstić information content (AvgIpc) is 2.76. The number of carbonyl (C=O) groups excluding carboxylic acids is 1. The van der Waals surface area contributed by atoms with Crippen LogP contribution in [0.5, 0.6) is 5.75 Å². The lowest BCUT2D eigenvalue weighted by Gasteiger charge is -2.07. The Labute approximate surface area is 130 Å². The second kappa shape index (κ2) is 6.44. The molecule has 1 heterocycles. The molecule has 1 aromatic heterocycles. The Balaban J connectivity index is 2.13. The van der Waals surface area contributed by atoms with E-state index in [9.17, 15) is 14.9 Å². The number of methoxy groups -OCH3 is 1. The Morgan fingerprint density at radius 3 is 2.77 bits per heavy atom. The monoisotopic (exact) mass is 324 g/mol. The maximum absolute atomic E-state index is 12.0. The summed E-state index contributed by atoms with van der Waals surface area (Å²) in [7, 11) is 1.39. The molecule has 116 valence electrons. The standard InChI is InChI=1S/C13H13ClN4O4/c1-8-12(14)6-17(16-8)7-13(19)15-9-3-10(18(20)21)5-11(4-9)22-2/h3-6H,7H2,1-2H3,(H,15,19). The Kier molecular flexibility index (Phi) is 4.62. The summed E-state index contributed by atoms with van der Waals surface area (Å²) in [4.78, 5) is 22.2. The highest BCUT2D eigenvalue weighted by molar-refractivity contribution is 6.31. The molecule has 0 bridgehead atoms. The third-order valence-corrected chi connectivity index (χ3v) is 3.18. The number of non-ortho nitro benzene ring substituents is 1. The van der Waals surface area contributed by atoms with E-state index in [-0.39, 0.29) is 29.6 Å². The van der Waals surface area contributed by atoms with Gasteiger partial charge in [0.05, 0.1) is 34.5 Å². The maximum atomic E-state index is 12.0. The maximum Gasteiger partial charge on any atom is 0.275 e. The number of halogens is 1. The van der Waals surface area contributed by atoms with Gasteiger partial charge in [-0.2, -0.15) is 5.10 Å². The molecule has 1 N–H and O–H groups in total. The van der Waals surface area contributed by atoms with Gasteiger partial charge in [-0.05, 0) is 6.92 Å². The molecule has 0 fully saturated rings. The lowest BCUT2D eigenvalue weighted by Crippen LogP contribution is -2.19. The molecular weight excluding hydrogens is 312 g/mol. The summed E-state index contributed by atoms with van der Waals surface area (Å²) in [6.07, 6.45) is 1.53. The van der Waals surface area contributed by atoms with Crippen LogP contribution in [0.3, 0.4) is 0 Å². The molecule has 0 saturated heterocycles. The normalized spacial score (nSPS) is 10.3. The molecule has 0 spiro atoms. The SMILES string of the molecule is COc1cc(NC(=O)Cn2cc(Cl)c(C)n2)cc([N+](=O)[O-])c1. The van der Waals surface area contributed by atoms with Gasteiger partial charge >= 0.3 is 0 Å². The predicted octanol–water partition coefficient (Wildman–Crippen LogP) is 2.40. The summed E-state index contributed by atoms with van der Waals surface area (Å²) in [6, 6.07) is 4.01. The lowest BCUT2D eigenvalue weighted by atomic mass is 10.2. The number of aromatic nitrogens is 2. The lowest BCUT2D eigenvalue weighted by molar-refractivity contribution is -0.384. The van der Waals surface area contributed by atoms with Crippen molar-refractivity contribution in [3.8, 4) is 5.75 Å². The summed E-state index contributed by atoms with van der Waals surface area (Å²) in [6.45, 7) is 1.67. The summed E-state index contributed by atoms with van der Waals surface area (Å²) < 4.78 is 6.36. The van der Waals surface area contributed by atoms with Gasteiger partial charge in [0.25, 0.3) is 5.69 Å². The van der Waals surface area contributed by atoms with E-state index in [0.717, 1.165) is 0 Å². The minimum atomic E-state index is -0.561. The van der Waals surface area contributed by atoms with Crippen molar-refractivity contribution in [3.05, 3.63) is 45.2 Å². The second-order valence-corrected chi connectivity index (χ2v) is 4.89. The molecule has 8 nitrogen and oxygen atoms in total. The van der Waals surface area contributed by atoms with Crippen molar-refractivity contribution in [1.82, 2.24) is 9.78 Å². The van der Waals surface area contributed by atoms with Crippen LogP contribution in [0.1, 0.15) is 5.69 Å². The molecule has 0 saturated carbocycles. The minimum absolute atomic E-state index is 0.0570. The van der Waals surface area contributed by atoms with E-state index in [0.29, 0.717) is 10.7 Å². The van der Waals surface area contributed by atoms with Gasteiger partial charge in [0.1, 0.15) is 12.3 Å². The number of nitrogens with one attached hydrogen (secondary N) is 1. The summed E-state index contributed by atoms with van der Waals surface area (Å²) in [5.74, 6) is -0.107. The summed E-state index contributed by atoms with van der Waals surface area (Å²) in [5.41, 5.74) is 0.713. The van der Waals surface area contributed by atoms with Crippen molar-refractivity contribution >= 4 is 28.9 Å². The van der Waals surface area contributed by atoms with Crippen molar-refractivity contribution in [3.63, 3.8) is 0 Å². The molecule has 0 aliphatic rings. The number of anilines is 1. The Morgan fingerprint density at radius 2 is 2.23 bits per heavy atom. The van der Waals surface area contributed by atoms with Crippen molar-refractivity contribution < 1.29 is 14.5 Å². The summed E-state index contributed by atoms with van der Waals surface area (Å²) in [5, 5.41) is 17.9. The number of nitro benzene ring substituents is 1. The molecule has 2 aromatic rings. The first-order chi connectivity index (χ1) is 10.4. The van der Waals surface area contributed by atoms with Crippen LogP contribution in [0, 0.1) is 17.0 Å². The van der Waals surface area contributed by atoms with Crippen LogP contribution < -0.4 is 10.1 Å². The molecule has 1 amide bonds. The third-order valence-electron chi connectivity index (χ3n) is 2.81. The average molecular weight is 325 g/mol. The number of amides is 1.